The van der Waals surface area contributed by atoms with E-state index in [4.69, 9.17) is 24.3 Å². The SMILES string of the molecule is CC/C=C\C/C=C\C/C=C\C/C=C\CCCCCCCCCCCCCCCCCCCCCCCCCCCCC(=O)OC(COC(=O)CCCCCCCCCCCCCCCCCCCCCCCCCCCCCCCCCCCCCCC)COP(=O)(O)OCCN. The van der Waals surface area contributed by atoms with Gasteiger partial charge >= 0.3 is 19.8 Å². The third kappa shape index (κ3) is 82.8. The Morgan fingerprint density at radius 2 is 0.567 bits per heavy atom. The van der Waals surface area contributed by atoms with Crippen LogP contribution in [0.4, 0.5) is 0 Å². The third-order valence-electron chi connectivity index (χ3n) is 19.7. The van der Waals surface area contributed by atoms with Gasteiger partial charge in [0.2, 0.25) is 0 Å². The van der Waals surface area contributed by atoms with Crippen LogP contribution in [0.5, 0.6) is 0 Å². The third-order valence-corrected chi connectivity index (χ3v) is 20.7. The quantitative estimate of drug-likeness (QED) is 0.0264. The molecule has 0 aromatic carbocycles. The number of nitrogens with two attached hydrogens (primary N) is 1. The zero-order valence-electron chi connectivity index (χ0n) is 64.9. The largest absolute Gasteiger partial charge is 0.472 e. The lowest BCUT2D eigenvalue weighted by atomic mass is 10.0. The Morgan fingerprint density at radius 1 is 0.320 bits per heavy atom. The van der Waals surface area contributed by atoms with Crippen molar-refractivity contribution in [3.05, 3.63) is 48.6 Å². The lowest BCUT2D eigenvalue weighted by Gasteiger charge is -2.19. The van der Waals surface area contributed by atoms with Gasteiger partial charge in [0.15, 0.2) is 6.10 Å². The lowest BCUT2D eigenvalue weighted by Crippen LogP contribution is -2.29. The van der Waals surface area contributed by atoms with E-state index < -0.39 is 26.5 Å². The molecule has 0 bridgehead atoms. The maximum Gasteiger partial charge on any atom is 0.472 e. The Morgan fingerprint density at radius 3 is 0.845 bits per heavy atom. The van der Waals surface area contributed by atoms with Gasteiger partial charge in [-0.3, -0.25) is 18.6 Å². The second-order valence-corrected chi connectivity index (χ2v) is 30.8. The first kappa shape index (κ1) is 95.0. The summed E-state index contributed by atoms with van der Waals surface area (Å²) in [4.78, 5) is 35.5. The minimum atomic E-state index is -4.40. The molecule has 9 nitrogen and oxygen atoms in total. The highest BCUT2D eigenvalue weighted by Crippen LogP contribution is 2.43. The average Bonchev–Trinajstić information content (AvgIpc) is 2.88. The number of carbonyl (C=O) groups is 2. The van der Waals surface area contributed by atoms with Crippen molar-refractivity contribution < 1.29 is 37.6 Å². The fraction of sp³-hybridized carbons (Fsp3) is 0.885. The number of ether oxygens (including phenoxy) is 2. The number of allylic oxidation sites excluding steroid dienone is 8. The van der Waals surface area contributed by atoms with Gasteiger partial charge in [-0.15, -0.1) is 0 Å². The molecule has 97 heavy (non-hydrogen) atoms. The smallest absolute Gasteiger partial charge is 0.462 e. The van der Waals surface area contributed by atoms with Crippen molar-refractivity contribution in [3.8, 4) is 0 Å². The summed E-state index contributed by atoms with van der Waals surface area (Å²) in [6.45, 7) is 3.73. The Hall–Kier alpha value is -2.03. The molecule has 0 fully saturated rings. The molecule has 0 rings (SSSR count). The minimum Gasteiger partial charge on any atom is -0.462 e. The summed E-state index contributed by atoms with van der Waals surface area (Å²) in [5.74, 6) is -0.798. The van der Waals surface area contributed by atoms with E-state index in [1.807, 2.05) is 0 Å². The van der Waals surface area contributed by atoms with Gasteiger partial charge < -0.3 is 20.1 Å². The maximum atomic E-state index is 12.8. The molecule has 0 radical (unpaired) electrons. The van der Waals surface area contributed by atoms with Gasteiger partial charge in [-0.25, -0.2) is 4.57 Å². The second-order valence-electron chi connectivity index (χ2n) is 29.4. The summed E-state index contributed by atoms with van der Waals surface area (Å²) in [7, 11) is -4.40. The molecule has 0 aliphatic rings. The topological polar surface area (TPSA) is 134 Å². The zero-order valence-corrected chi connectivity index (χ0v) is 65.7. The predicted octanol–water partition coefficient (Wildman–Crippen LogP) is 29.1. The monoisotopic (exact) mass is 1380 g/mol. The highest BCUT2D eigenvalue weighted by Gasteiger charge is 2.26. The highest BCUT2D eigenvalue weighted by molar-refractivity contribution is 7.47. The first-order valence-corrected chi connectivity index (χ1v) is 44.6. The Kier molecular flexibility index (Phi) is 81.2. The molecule has 0 aromatic heterocycles. The van der Waals surface area contributed by atoms with E-state index in [9.17, 15) is 19.0 Å². The maximum absolute atomic E-state index is 12.8. The van der Waals surface area contributed by atoms with Crippen molar-refractivity contribution >= 4 is 19.8 Å². The Bertz CT molecular complexity index is 1730. The molecular weight excluding hydrogens is 1220 g/mol. The molecule has 0 aliphatic heterocycles. The summed E-state index contributed by atoms with van der Waals surface area (Å²) in [6.07, 6.45) is 109. The molecule has 0 amide bonds. The molecule has 572 valence electrons. The molecule has 0 aliphatic carbocycles. The molecule has 2 unspecified atom stereocenters. The molecule has 0 aromatic rings. The van der Waals surface area contributed by atoms with Gasteiger partial charge in [0.25, 0.3) is 0 Å². The van der Waals surface area contributed by atoms with E-state index in [2.05, 4.69) is 62.5 Å². The fourth-order valence-electron chi connectivity index (χ4n) is 13.4. The molecule has 2 atom stereocenters. The van der Waals surface area contributed by atoms with Crippen molar-refractivity contribution in [3.63, 3.8) is 0 Å². The van der Waals surface area contributed by atoms with Gasteiger partial charge in [0.05, 0.1) is 13.2 Å². The second kappa shape index (κ2) is 82.9. The first-order valence-electron chi connectivity index (χ1n) is 43.1. The number of carbonyl (C=O) groups excluding carboxylic acids is 2. The fourth-order valence-corrected chi connectivity index (χ4v) is 14.2. The van der Waals surface area contributed by atoms with E-state index in [1.165, 1.54) is 372 Å². The highest BCUT2D eigenvalue weighted by atomic mass is 31.2. The van der Waals surface area contributed by atoms with Gasteiger partial charge in [-0.05, 0) is 51.4 Å². The van der Waals surface area contributed by atoms with Crippen LogP contribution < -0.4 is 5.73 Å². The van der Waals surface area contributed by atoms with Crippen LogP contribution in [0.1, 0.15) is 463 Å². The number of unbranched alkanes of at least 4 members (excludes halogenated alkanes) is 62. The predicted molar refractivity (Wildman–Crippen MR) is 423 cm³/mol. The Balaban J connectivity index is 3.70. The number of esters is 2. The van der Waals surface area contributed by atoms with Crippen LogP contribution in [0.2, 0.25) is 0 Å². The van der Waals surface area contributed by atoms with E-state index in [-0.39, 0.29) is 38.6 Å². The molecule has 0 spiro atoms. The molecule has 0 saturated heterocycles. The summed E-state index contributed by atoms with van der Waals surface area (Å²) < 4.78 is 33.3. The average molecular weight is 1390 g/mol. The minimum absolute atomic E-state index is 0.0568. The van der Waals surface area contributed by atoms with E-state index in [0.29, 0.717) is 6.42 Å². The van der Waals surface area contributed by atoms with Crippen LogP contribution in [-0.4, -0.2) is 49.3 Å². The number of phosphoric ester groups is 1. The number of rotatable bonds is 83. The number of phosphoric acid groups is 1. The van der Waals surface area contributed by atoms with Crippen LogP contribution in [0, 0.1) is 0 Å². The normalized spacial score (nSPS) is 13.0. The van der Waals surface area contributed by atoms with Crippen molar-refractivity contribution in [2.45, 2.75) is 469 Å². The van der Waals surface area contributed by atoms with Crippen LogP contribution in [0.3, 0.4) is 0 Å². The lowest BCUT2D eigenvalue weighted by molar-refractivity contribution is -0.161. The van der Waals surface area contributed by atoms with Crippen LogP contribution in [-0.2, 0) is 32.7 Å². The van der Waals surface area contributed by atoms with E-state index >= 15 is 0 Å². The molecule has 0 saturated carbocycles. The first-order chi connectivity index (χ1) is 47.8. The van der Waals surface area contributed by atoms with E-state index in [0.717, 1.165) is 57.8 Å². The van der Waals surface area contributed by atoms with Crippen LogP contribution >= 0.6 is 7.82 Å². The van der Waals surface area contributed by atoms with Crippen LogP contribution in [0.15, 0.2) is 48.6 Å². The Labute approximate surface area is 604 Å². The van der Waals surface area contributed by atoms with Gasteiger partial charge in [-0.1, -0.05) is 448 Å². The van der Waals surface area contributed by atoms with Crippen molar-refractivity contribution in [1.29, 1.82) is 0 Å². The number of hydrogen-bond acceptors (Lipinski definition) is 8. The van der Waals surface area contributed by atoms with Gasteiger partial charge in [-0.2, -0.15) is 0 Å². The van der Waals surface area contributed by atoms with Crippen molar-refractivity contribution in [1.82, 2.24) is 0 Å². The molecular formula is C87H166NO8P. The molecule has 0 heterocycles. The van der Waals surface area contributed by atoms with Gasteiger partial charge in [0, 0.05) is 19.4 Å². The van der Waals surface area contributed by atoms with Crippen molar-refractivity contribution in [2.24, 2.45) is 5.73 Å². The summed E-state index contributed by atoms with van der Waals surface area (Å²) in [5, 5.41) is 0. The van der Waals surface area contributed by atoms with Gasteiger partial charge in [0.1, 0.15) is 6.61 Å². The van der Waals surface area contributed by atoms with Crippen LogP contribution in [0.25, 0.3) is 0 Å². The summed E-state index contributed by atoms with van der Waals surface area (Å²) in [5.41, 5.74) is 5.42. The molecule has 3 N–H and O–H groups in total. The summed E-state index contributed by atoms with van der Waals surface area (Å²) >= 11 is 0. The number of hydrogen-bond donors (Lipinski definition) is 2. The molecule has 10 heteroatoms. The summed E-state index contributed by atoms with van der Waals surface area (Å²) in [6, 6.07) is 0. The standard InChI is InChI=1S/C87H166NO8P/c1-3-5-7-9-11-13-15-17-19-21-23-25-27-29-31-33-35-37-39-41-42-44-46-48-50-52-54-56-58-60-62-64-66-68-70-72-74-76-78-80-87(90)96-85(84-95-97(91,92)94-82-81-88)83-93-86(89)79-77-75-73-71-69-67-65-63-61-59-57-55-53-51-49-47-45-43-40-38-36-34-32-30-28-26-24-22-20-18-16-14-12-10-8-6-4-2/h5,7,11,13,17,19,23,25,85H,3-4,6,8-10,12,14-16,18,20-22,24,26-84,88H2,1-2H3,(H,91,92)/b7-5-,13-11-,19-17-,25-23-. The van der Waals surface area contributed by atoms with Crippen molar-refractivity contribution in [2.75, 3.05) is 26.4 Å². The van der Waals surface area contributed by atoms with E-state index in [1.54, 1.807) is 0 Å². The zero-order chi connectivity index (χ0) is 70.0.